The SMILES string of the molecule is CC(C)c1cc(Oc2c(Cl)cc(N/N=C(\C#N)C(=O)NC=O)c(F)c2Cl)n[nH]c1=O.CCOC. The first kappa shape index (κ1) is 28.5. The number of hydrazone groups is 1. The molecule has 0 radical (unpaired) electrons. The van der Waals surface area contributed by atoms with E-state index in [4.69, 9.17) is 33.2 Å². The molecule has 182 valence electrons. The number of amides is 2. The van der Waals surface area contributed by atoms with Crippen molar-refractivity contribution in [1.82, 2.24) is 15.5 Å². The van der Waals surface area contributed by atoms with Gasteiger partial charge in [0.15, 0.2) is 11.6 Å². The summed E-state index contributed by atoms with van der Waals surface area (Å²) in [5.74, 6) is -2.63. The van der Waals surface area contributed by atoms with Crippen molar-refractivity contribution in [2.45, 2.75) is 26.7 Å². The molecule has 34 heavy (non-hydrogen) atoms. The van der Waals surface area contributed by atoms with Gasteiger partial charge in [0, 0.05) is 25.3 Å². The Bertz CT molecular complexity index is 1160. The van der Waals surface area contributed by atoms with Crippen molar-refractivity contribution < 1.29 is 23.5 Å². The van der Waals surface area contributed by atoms with Crippen LogP contribution in [0.1, 0.15) is 32.3 Å². The molecule has 0 unspecified atom stereocenters. The molecule has 1 aromatic carbocycles. The third-order valence-corrected chi connectivity index (χ3v) is 4.46. The van der Waals surface area contributed by atoms with Gasteiger partial charge in [-0.25, -0.2) is 9.49 Å². The molecule has 0 saturated carbocycles. The molecule has 14 heteroatoms. The fraction of sp³-hybridized carbons (Fsp3) is 0.300. The van der Waals surface area contributed by atoms with E-state index in [0.717, 1.165) is 12.7 Å². The number of aromatic nitrogens is 2. The average molecular weight is 515 g/mol. The van der Waals surface area contributed by atoms with Crippen LogP contribution in [0.25, 0.3) is 0 Å². The minimum Gasteiger partial charge on any atom is -0.434 e. The Kier molecular flexibility index (Phi) is 11.6. The number of imide groups is 1. The second-order valence-corrected chi connectivity index (χ2v) is 7.25. The molecule has 11 nitrogen and oxygen atoms in total. The lowest BCUT2D eigenvalue weighted by Crippen LogP contribution is -2.29. The number of carbonyl (C=O) groups is 2. The fourth-order valence-corrected chi connectivity index (χ4v) is 2.64. The van der Waals surface area contributed by atoms with Crippen LogP contribution in [0.4, 0.5) is 10.1 Å². The van der Waals surface area contributed by atoms with Crippen LogP contribution in [0.5, 0.6) is 11.6 Å². The number of halogens is 3. The van der Waals surface area contributed by atoms with Gasteiger partial charge in [0.2, 0.25) is 18.0 Å². The Morgan fingerprint density at radius 1 is 1.41 bits per heavy atom. The number of nitriles is 1. The third-order valence-electron chi connectivity index (χ3n) is 3.84. The molecule has 0 aliphatic rings. The van der Waals surface area contributed by atoms with Crippen LogP contribution in [-0.4, -0.2) is 41.9 Å². The van der Waals surface area contributed by atoms with E-state index in [1.807, 2.05) is 6.92 Å². The Labute approximate surface area is 203 Å². The highest BCUT2D eigenvalue weighted by Crippen LogP contribution is 2.41. The zero-order chi connectivity index (χ0) is 25.8. The summed E-state index contributed by atoms with van der Waals surface area (Å²) in [6, 6.07) is 3.85. The zero-order valence-corrected chi connectivity index (χ0v) is 20.0. The van der Waals surface area contributed by atoms with Gasteiger partial charge in [-0.1, -0.05) is 37.0 Å². The molecule has 0 bridgehead atoms. The second-order valence-electron chi connectivity index (χ2n) is 6.46. The molecule has 0 aliphatic heterocycles. The van der Waals surface area contributed by atoms with Gasteiger partial charge in [-0.15, -0.1) is 5.10 Å². The van der Waals surface area contributed by atoms with Crippen molar-refractivity contribution in [3.63, 3.8) is 0 Å². The maximum absolute atomic E-state index is 14.6. The van der Waals surface area contributed by atoms with Crippen molar-refractivity contribution in [2.75, 3.05) is 19.1 Å². The molecule has 3 N–H and O–H groups in total. The largest absolute Gasteiger partial charge is 0.434 e. The van der Waals surface area contributed by atoms with Crippen molar-refractivity contribution in [3.05, 3.63) is 43.9 Å². The molecule has 0 atom stereocenters. The lowest BCUT2D eigenvalue weighted by Gasteiger charge is -2.13. The van der Waals surface area contributed by atoms with Crippen molar-refractivity contribution >= 4 is 46.9 Å². The molecule has 1 aromatic heterocycles. The fourth-order valence-electron chi connectivity index (χ4n) is 2.10. The molecule has 0 spiro atoms. The minimum atomic E-state index is -1.09. The summed E-state index contributed by atoms with van der Waals surface area (Å²) in [6.45, 7) is 6.36. The van der Waals surface area contributed by atoms with Crippen LogP contribution in [-0.2, 0) is 14.3 Å². The molecule has 0 saturated heterocycles. The zero-order valence-electron chi connectivity index (χ0n) is 18.5. The molecular weight excluding hydrogens is 494 g/mol. The number of ether oxygens (including phenoxy) is 2. The standard InChI is InChI=1S/C17H13Cl2FN6O4.C3H8O/c1-7(2)8-3-12(25-26-16(8)28)30-15-9(18)4-10(14(20)13(15)19)23-24-11(5-21)17(29)22-6-27;1-3-4-2/h3-4,6-7,23H,1-2H3,(H,26,28)(H,22,27,29);3H2,1-2H3/b24-11+;. The van der Waals surface area contributed by atoms with Gasteiger partial charge in [-0.3, -0.25) is 25.1 Å². The Hall–Kier alpha value is -3.53. The van der Waals surface area contributed by atoms with E-state index >= 15 is 0 Å². The molecule has 0 fully saturated rings. The second kappa shape index (κ2) is 13.9. The number of anilines is 1. The van der Waals surface area contributed by atoms with Crippen molar-refractivity contribution in [2.24, 2.45) is 5.10 Å². The number of hydrogen-bond acceptors (Lipinski definition) is 9. The van der Waals surface area contributed by atoms with Gasteiger partial charge in [-0.2, -0.15) is 10.4 Å². The maximum atomic E-state index is 14.6. The van der Waals surface area contributed by atoms with E-state index in [1.165, 1.54) is 12.1 Å². The van der Waals surface area contributed by atoms with Crippen molar-refractivity contribution in [1.29, 1.82) is 5.26 Å². The van der Waals surface area contributed by atoms with Crippen LogP contribution >= 0.6 is 23.2 Å². The van der Waals surface area contributed by atoms with Gasteiger partial charge in [0.25, 0.3) is 11.5 Å². The number of nitrogens with one attached hydrogen (secondary N) is 3. The van der Waals surface area contributed by atoms with Gasteiger partial charge >= 0.3 is 0 Å². The predicted octanol–water partition coefficient (Wildman–Crippen LogP) is 3.35. The summed E-state index contributed by atoms with van der Waals surface area (Å²) in [5, 5.41) is 19.3. The van der Waals surface area contributed by atoms with E-state index < -0.39 is 28.0 Å². The summed E-state index contributed by atoms with van der Waals surface area (Å²) in [7, 11) is 1.68. The van der Waals surface area contributed by atoms with Gasteiger partial charge in [-0.05, 0) is 18.9 Å². The number of H-pyrrole nitrogens is 1. The lowest BCUT2D eigenvalue weighted by atomic mass is 10.1. The number of carbonyl (C=O) groups excluding carboxylic acids is 2. The number of aromatic amines is 1. The van der Waals surface area contributed by atoms with Gasteiger partial charge in [0.05, 0.1) is 10.7 Å². The average Bonchev–Trinajstić information content (AvgIpc) is 2.81. The molecule has 2 aromatic rings. The number of nitrogens with zero attached hydrogens (tertiary/aromatic N) is 3. The number of methoxy groups -OCH3 is 1. The monoisotopic (exact) mass is 514 g/mol. The third kappa shape index (κ3) is 7.80. The topological polar surface area (TPSA) is 159 Å². The molecule has 0 aliphatic carbocycles. The Morgan fingerprint density at radius 3 is 2.59 bits per heavy atom. The summed E-state index contributed by atoms with van der Waals surface area (Å²) >= 11 is 12.1. The molecule has 1 heterocycles. The quantitative estimate of drug-likeness (QED) is 0.209. The first-order valence-corrected chi connectivity index (χ1v) is 10.3. The minimum absolute atomic E-state index is 0.0607. The van der Waals surface area contributed by atoms with E-state index in [2.05, 4.69) is 25.5 Å². The van der Waals surface area contributed by atoms with Gasteiger partial charge < -0.3 is 9.47 Å². The van der Waals surface area contributed by atoms with Crippen LogP contribution in [0.3, 0.4) is 0 Å². The van der Waals surface area contributed by atoms with Crippen LogP contribution in [0, 0.1) is 17.1 Å². The molecule has 2 amide bonds. The highest BCUT2D eigenvalue weighted by Gasteiger charge is 2.20. The summed E-state index contributed by atoms with van der Waals surface area (Å²) in [6.07, 6.45) is 0.0607. The Morgan fingerprint density at radius 2 is 2.06 bits per heavy atom. The number of rotatable bonds is 8. The van der Waals surface area contributed by atoms with Crippen LogP contribution in [0.15, 0.2) is 22.0 Å². The number of benzene rings is 1. The van der Waals surface area contributed by atoms with Gasteiger partial charge in [0.1, 0.15) is 11.1 Å². The van der Waals surface area contributed by atoms with E-state index in [0.29, 0.717) is 5.56 Å². The highest BCUT2D eigenvalue weighted by atomic mass is 35.5. The highest BCUT2D eigenvalue weighted by molar-refractivity contribution is 6.46. The number of hydrogen-bond donors (Lipinski definition) is 3. The van der Waals surface area contributed by atoms with Crippen molar-refractivity contribution in [3.8, 4) is 17.7 Å². The van der Waals surface area contributed by atoms with E-state index in [9.17, 15) is 18.8 Å². The predicted molar refractivity (Wildman–Crippen MR) is 124 cm³/mol. The molecule has 2 rings (SSSR count). The first-order valence-electron chi connectivity index (χ1n) is 9.53. The smallest absolute Gasteiger partial charge is 0.288 e. The lowest BCUT2D eigenvalue weighted by molar-refractivity contribution is -0.120. The Balaban J connectivity index is 0.00000133. The van der Waals surface area contributed by atoms with E-state index in [-0.39, 0.29) is 34.7 Å². The summed E-state index contributed by atoms with van der Waals surface area (Å²) in [5.41, 5.74) is 1.01. The van der Waals surface area contributed by atoms with E-state index in [1.54, 1.807) is 26.3 Å². The van der Waals surface area contributed by atoms with Crippen LogP contribution < -0.4 is 21.0 Å². The molecular formula is C20H21Cl2FN6O5. The summed E-state index contributed by atoms with van der Waals surface area (Å²) < 4.78 is 24.6. The maximum Gasteiger partial charge on any atom is 0.288 e. The first-order chi connectivity index (χ1) is 16.1. The summed E-state index contributed by atoms with van der Waals surface area (Å²) in [4.78, 5) is 33.5. The normalized spacial score (nSPS) is 10.6. The van der Waals surface area contributed by atoms with Crippen LogP contribution in [0.2, 0.25) is 10.0 Å².